The second-order valence-electron chi connectivity index (χ2n) is 5.59. The summed E-state index contributed by atoms with van der Waals surface area (Å²) in [6.07, 6.45) is 7.69. The van der Waals surface area contributed by atoms with E-state index in [9.17, 15) is 0 Å². The minimum Gasteiger partial charge on any atom is -0.309 e. The van der Waals surface area contributed by atoms with Gasteiger partial charge in [0.15, 0.2) is 0 Å². The van der Waals surface area contributed by atoms with Crippen LogP contribution in [-0.2, 0) is 19.3 Å². The molecule has 3 heteroatoms. The summed E-state index contributed by atoms with van der Waals surface area (Å²) in [4.78, 5) is 4.70. The molecule has 0 saturated carbocycles. The first-order valence-corrected chi connectivity index (χ1v) is 9.43. The normalized spacial score (nSPS) is 16.1. The first-order valence-electron chi connectivity index (χ1n) is 7.74. The van der Waals surface area contributed by atoms with Crippen molar-refractivity contribution in [3.05, 3.63) is 43.8 Å². The molecule has 1 nitrogen and oxygen atoms in total. The summed E-state index contributed by atoms with van der Waals surface area (Å²) in [5.74, 6) is 0. The molecular formula is C17H23NS2. The molecule has 108 valence electrons. The molecular weight excluding hydrogens is 282 g/mol. The SMILES string of the molecule is CCCNC(Cc1cccs1)c1cc2c(s1)CCCC2. The molecule has 1 unspecified atom stereocenters. The Kier molecular flexibility index (Phi) is 4.92. The second-order valence-corrected chi connectivity index (χ2v) is 7.80. The number of aryl methyl sites for hydroxylation is 2. The van der Waals surface area contributed by atoms with Gasteiger partial charge in [-0.3, -0.25) is 0 Å². The van der Waals surface area contributed by atoms with Crippen molar-refractivity contribution in [2.75, 3.05) is 6.54 Å². The fourth-order valence-corrected chi connectivity index (χ4v) is 4.99. The van der Waals surface area contributed by atoms with E-state index in [1.165, 1.54) is 37.0 Å². The van der Waals surface area contributed by atoms with E-state index >= 15 is 0 Å². The average Bonchev–Trinajstić information content (AvgIpc) is 3.12. The predicted octanol–water partition coefficient (Wildman–Crippen LogP) is 4.97. The monoisotopic (exact) mass is 305 g/mol. The highest BCUT2D eigenvalue weighted by atomic mass is 32.1. The number of rotatable bonds is 6. The third-order valence-electron chi connectivity index (χ3n) is 3.99. The van der Waals surface area contributed by atoms with Gasteiger partial charge in [-0.15, -0.1) is 22.7 Å². The van der Waals surface area contributed by atoms with Crippen molar-refractivity contribution in [3.63, 3.8) is 0 Å². The molecule has 1 aliphatic carbocycles. The van der Waals surface area contributed by atoms with Gasteiger partial charge in [0, 0.05) is 27.1 Å². The maximum Gasteiger partial charge on any atom is 0.0463 e. The molecule has 3 rings (SSSR count). The van der Waals surface area contributed by atoms with Gasteiger partial charge < -0.3 is 5.32 Å². The standard InChI is InChI=1S/C17H23NS2/c1-2-9-18-15(12-14-7-5-10-19-14)17-11-13-6-3-4-8-16(13)20-17/h5,7,10-11,15,18H,2-4,6,8-9,12H2,1H3. The number of hydrogen-bond donors (Lipinski definition) is 1. The maximum absolute atomic E-state index is 3.75. The molecule has 0 fully saturated rings. The molecule has 0 amide bonds. The number of thiophene rings is 2. The van der Waals surface area contributed by atoms with Crippen molar-refractivity contribution in [1.82, 2.24) is 5.32 Å². The Morgan fingerprint density at radius 1 is 1.30 bits per heavy atom. The van der Waals surface area contributed by atoms with Crippen LogP contribution < -0.4 is 5.32 Å². The predicted molar refractivity (Wildman–Crippen MR) is 90.0 cm³/mol. The molecule has 2 aromatic rings. The van der Waals surface area contributed by atoms with E-state index < -0.39 is 0 Å². The number of fused-ring (bicyclic) bond motifs is 1. The van der Waals surface area contributed by atoms with E-state index in [2.05, 4.69) is 47.2 Å². The second kappa shape index (κ2) is 6.88. The van der Waals surface area contributed by atoms with Crippen LogP contribution >= 0.6 is 22.7 Å². The quantitative estimate of drug-likeness (QED) is 0.794. The van der Waals surface area contributed by atoms with Crippen LogP contribution in [0.15, 0.2) is 23.6 Å². The van der Waals surface area contributed by atoms with Crippen LogP contribution in [0.5, 0.6) is 0 Å². The van der Waals surface area contributed by atoms with Crippen LogP contribution in [0.3, 0.4) is 0 Å². The fraction of sp³-hybridized carbons (Fsp3) is 0.529. The molecule has 0 spiro atoms. The van der Waals surface area contributed by atoms with Gasteiger partial charge >= 0.3 is 0 Å². The Balaban J connectivity index is 1.78. The Morgan fingerprint density at radius 2 is 2.20 bits per heavy atom. The molecule has 0 saturated heterocycles. The molecule has 2 heterocycles. The van der Waals surface area contributed by atoms with Gasteiger partial charge in [-0.1, -0.05) is 13.0 Å². The largest absolute Gasteiger partial charge is 0.309 e. The number of hydrogen-bond acceptors (Lipinski definition) is 3. The van der Waals surface area contributed by atoms with E-state index in [1.807, 2.05) is 11.3 Å². The molecule has 2 aromatic heterocycles. The highest BCUT2D eigenvalue weighted by Crippen LogP contribution is 2.34. The minimum absolute atomic E-state index is 0.504. The molecule has 0 bridgehead atoms. The lowest BCUT2D eigenvalue weighted by atomic mass is 9.98. The van der Waals surface area contributed by atoms with Crippen LogP contribution in [0.2, 0.25) is 0 Å². The van der Waals surface area contributed by atoms with Gasteiger partial charge in [-0.05, 0) is 61.7 Å². The lowest BCUT2D eigenvalue weighted by molar-refractivity contribution is 0.539. The zero-order valence-electron chi connectivity index (χ0n) is 12.2. The smallest absolute Gasteiger partial charge is 0.0463 e. The van der Waals surface area contributed by atoms with Gasteiger partial charge in [0.2, 0.25) is 0 Å². The number of nitrogens with one attached hydrogen (secondary N) is 1. The van der Waals surface area contributed by atoms with Gasteiger partial charge in [0.1, 0.15) is 0 Å². The molecule has 1 N–H and O–H groups in total. The van der Waals surface area contributed by atoms with E-state index in [4.69, 9.17) is 0 Å². The summed E-state index contributed by atoms with van der Waals surface area (Å²) < 4.78 is 0. The summed E-state index contributed by atoms with van der Waals surface area (Å²) in [6, 6.07) is 7.42. The zero-order valence-corrected chi connectivity index (χ0v) is 13.8. The van der Waals surface area contributed by atoms with E-state index in [0.717, 1.165) is 13.0 Å². The highest BCUT2D eigenvalue weighted by molar-refractivity contribution is 7.12. The van der Waals surface area contributed by atoms with Crippen LogP contribution in [-0.4, -0.2) is 6.54 Å². The lowest BCUT2D eigenvalue weighted by Crippen LogP contribution is -2.23. The zero-order chi connectivity index (χ0) is 13.8. The van der Waals surface area contributed by atoms with Gasteiger partial charge in [0.25, 0.3) is 0 Å². The van der Waals surface area contributed by atoms with Crippen molar-refractivity contribution in [2.45, 2.75) is 51.5 Å². The molecule has 20 heavy (non-hydrogen) atoms. The van der Waals surface area contributed by atoms with Gasteiger partial charge in [-0.25, -0.2) is 0 Å². The minimum atomic E-state index is 0.504. The van der Waals surface area contributed by atoms with Crippen molar-refractivity contribution < 1.29 is 0 Å². The van der Waals surface area contributed by atoms with Crippen molar-refractivity contribution in [1.29, 1.82) is 0 Å². The maximum atomic E-state index is 3.75. The Morgan fingerprint density at radius 3 is 2.95 bits per heavy atom. The van der Waals surface area contributed by atoms with Crippen LogP contribution in [0.1, 0.15) is 52.4 Å². The van der Waals surface area contributed by atoms with Crippen LogP contribution in [0, 0.1) is 0 Å². The van der Waals surface area contributed by atoms with E-state index in [-0.39, 0.29) is 0 Å². The van der Waals surface area contributed by atoms with Crippen LogP contribution in [0.25, 0.3) is 0 Å². The van der Waals surface area contributed by atoms with E-state index in [1.54, 1.807) is 15.3 Å². The summed E-state index contributed by atoms with van der Waals surface area (Å²) in [5, 5.41) is 5.94. The fourth-order valence-electron chi connectivity index (χ4n) is 2.91. The first-order chi connectivity index (χ1) is 9.86. The Hall–Kier alpha value is -0.640. The molecule has 0 radical (unpaired) electrons. The molecule has 0 aliphatic heterocycles. The summed E-state index contributed by atoms with van der Waals surface area (Å²) in [5.41, 5.74) is 1.63. The molecule has 1 aliphatic rings. The lowest BCUT2D eigenvalue weighted by Gasteiger charge is -2.16. The van der Waals surface area contributed by atoms with Crippen molar-refractivity contribution >= 4 is 22.7 Å². The Labute approximate surface area is 130 Å². The summed E-state index contributed by atoms with van der Waals surface area (Å²) in [7, 11) is 0. The third-order valence-corrected chi connectivity index (χ3v) is 6.23. The molecule has 0 aromatic carbocycles. The summed E-state index contributed by atoms with van der Waals surface area (Å²) >= 11 is 3.94. The van der Waals surface area contributed by atoms with E-state index in [0.29, 0.717) is 6.04 Å². The summed E-state index contributed by atoms with van der Waals surface area (Å²) in [6.45, 7) is 3.35. The average molecular weight is 306 g/mol. The van der Waals surface area contributed by atoms with Gasteiger partial charge in [0.05, 0.1) is 0 Å². The molecule has 1 atom stereocenters. The van der Waals surface area contributed by atoms with Crippen molar-refractivity contribution in [2.24, 2.45) is 0 Å². The van der Waals surface area contributed by atoms with Crippen molar-refractivity contribution in [3.8, 4) is 0 Å². The van der Waals surface area contributed by atoms with Gasteiger partial charge in [-0.2, -0.15) is 0 Å². The first kappa shape index (κ1) is 14.3. The topological polar surface area (TPSA) is 12.0 Å². The third kappa shape index (κ3) is 3.33. The van der Waals surface area contributed by atoms with Crippen LogP contribution in [0.4, 0.5) is 0 Å². The Bertz CT molecular complexity index is 504. The highest BCUT2D eigenvalue weighted by Gasteiger charge is 2.19.